The van der Waals surface area contributed by atoms with E-state index in [4.69, 9.17) is 4.99 Å². The van der Waals surface area contributed by atoms with Gasteiger partial charge in [0.25, 0.3) is 0 Å². The molecular formula is C25H24FN3O. The summed E-state index contributed by atoms with van der Waals surface area (Å²) in [6, 6.07) is 22.3. The fourth-order valence-corrected chi connectivity index (χ4v) is 3.47. The first-order valence-corrected chi connectivity index (χ1v) is 9.89. The minimum absolute atomic E-state index is 0.0270. The number of hydrogen-bond donors (Lipinski definition) is 2. The second-order valence-corrected chi connectivity index (χ2v) is 7.58. The van der Waals surface area contributed by atoms with Gasteiger partial charge in [-0.2, -0.15) is 0 Å². The molecule has 0 bridgehead atoms. The first kappa shape index (κ1) is 19.9. The Morgan fingerprint density at radius 3 is 2.43 bits per heavy atom. The van der Waals surface area contributed by atoms with Crippen molar-refractivity contribution >= 4 is 22.3 Å². The number of H-pyrrole nitrogens is 1. The molecule has 0 radical (unpaired) electrons. The third kappa shape index (κ3) is 4.26. The highest BCUT2D eigenvalue weighted by Gasteiger charge is 2.18. The Balaban J connectivity index is 1.80. The Kier molecular flexibility index (Phi) is 5.63. The third-order valence-electron chi connectivity index (χ3n) is 5.05. The highest BCUT2D eigenvalue weighted by molar-refractivity contribution is 6.21. The molecule has 30 heavy (non-hydrogen) atoms. The molecule has 152 valence electrons. The molecule has 0 saturated heterocycles. The Labute approximate surface area is 175 Å². The van der Waals surface area contributed by atoms with E-state index >= 15 is 0 Å². The van der Waals surface area contributed by atoms with Crippen LogP contribution in [-0.2, 0) is 6.42 Å². The number of aromatic amines is 1. The Bertz CT molecular complexity index is 1180. The topological polar surface area (TPSA) is 51.6 Å². The molecule has 0 spiro atoms. The molecule has 0 amide bonds. The molecule has 0 atom stereocenters. The van der Waals surface area contributed by atoms with Gasteiger partial charge in [-0.25, -0.2) is 9.38 Å². The number of aliphatic imine (C=N–C) groups is 1. The molecule has 0 unspecified atom stereocenters. The van der Waals surface area contributed by atoms with Crippen LogP contribution < -0.4 is 0 Å². The molecule has 0 aliphatic heterocycles. The van der Waals surface area contributed by atoms with Gasteiger partial charge in [-0.3, -0.25) is 0 Å². The van der Waals surface area contributed by atoms with Crippen LogP contribution in [0, 0.1) is 5.82 Å². The van der Waals surface area contributed by atoms with E-state index in [1.165, 1.54) is 17.7 Å². The van der Waals surface area contributed by atoms with Crippen LogP contribution in [0.1, 0.15) is 16.7 Å². The maximum absolute atomic E-state index is 13.7. The molecule has 0 aliphatic carbocycles. The van der Waals surface area contributed by atoms with Crippen LogP contribution in [-0.4, -0.2) is 41.3 Å². The number of rotatable bonds is 6. The number of halogens is 1. The first-order valence-electron chi connectivity index (χ1n) is 9.89. The van der Waals surface area contributed by atoms with Crippen LogP contribution in [0.25, 0.3) is 10.9 Å². The molecule has 0 saturated carbocycles. The van der Waals surface area contributed by atoms with E-state index in [1.54, 1.807) is 6.07 Å². The molecule has 4 rings (SSSR count). The van der Waals surface area contributed by atoms with E-state index in [0.29, 0.717) is 16.8 Å². The van der Waals surface area contributed by atoms with Crippen LogP contribution in [0.4, 0.5) is 10.1 Å². The number of hydrogen-bond acceptors (Lipinski definition) is 3. The maximum Gasteiger partial charge on any atom is 0.199 e. The van der Waals surface area contributed by atoms with Gasteiger partial charge in [-0.1, -0.05) is 42.5 Å². The van der Waals surface area contributed by atoms with Crippen molar-refractivity contribution in [2.24, 2.45) is 4.99 Å². The fourth-order valence-electron chi connectivity index (χ4n) is 3.47. The second kappa shape index (κ2) is 8.51. The number of likely N-dealkylation sites (N-methyl/N-ethyl adjacent to an activating group) is 1. The van der Waals surface area contributed by atoms with Crippen molar-refractivity contribution in [2.75, 3.05) is 20.6 Å². The largest absolute Gasteiger partial charge is 0.494 e. The molecule has 1 heterocycles. The van der Waals surface area contributed by atoms with Gasteiger partial charge >= 0.3 is 0 Å². The van der Waals surface area contributed by atoms with Crippen molar-refractivity contribution in [3.8, 4) is 5.88 Å². The highest BCUT2D eigenvalue weighted by Crippen LogP contribution is 2.32. The summed E-state index contributed by atoms with van der Waals surface area (Å²) in [5.41, 5.74) is 4.63. The van der Waals surface area contributed by atoms with Crippen molar-refractivity contribution < 1.29 is 9.50 Å². The number of nitrogens with zero attached hydrogens (tertiary/aromatic N) is 2. The predicted molar refractivity (Wildman–Crippen MR) is 120 cm³/mol. The summed E-state index contributed by atoms with van der Waals surface area (Å²) in [7, 11) is 4.12. The van der Waals surface area contributed by atoms with Crippen molar-refractivity contribution in [1.29, 1.82) is 0 Å². The number of nitrogens with one attached hydrogen (secondary N) is 1. The fraction of sp³-hybridized carbons (Fsp3) is 0.160. The lowest BCUT2D eigenvalue weighted by Gasteiger charge is -2.10. The van der Waals surface area contributed by atoms with Crippen LogP contribution >= 0.6 is 0 Å². The smallest absolute Gasteiger partial charge is 0.199 e. The Morgan fingerprint density at radius 1 is 1.00 bits per heavy atom. The number of aromatic hydroxyl groups is 1. The van der Waals surface area contributed by atoms with Gasteiger partial charge in [0, 0.05) is 17.5 Å². The molecule has 5 heteroatoms. The highest BCUT2D eigenvalue weighted by atomic mass is 19.1. The number of benzene rings is 3. The molecule has 0 aliphatic rings. The Hall–Kier alpha value is -3.44. The van der Waals surface area contributed by atoms with Crippen molar-refractivity contribution in [3.63, 3.8) is 0 Å². The minimum Gasteiger partial charge on any atom is -0.494 e. The van der Waals surface area contributed by atoms with Gasteiger partial charge in [0.1, 0.15) is 5.82 Å². The van der Waals surface area contributed by atoms with Crippen molar-refractivity contribution in [3.05, 3.63) is 95.3 Å². The molecule has 1 aromatic heterocycles. The van der Waals surface area contributed by atoms with Crippen LogP contribution in [0.5, 0.6) is 5.88 Å². The molecule has 0 fully saturated rings. The molecule has 4 aromatic rings. The van der Waals surface area contributed by atoms with Gasteiger partial charge < -0.3 is 15.0 Å². The van der Waals surface area contributed by atoms with Gasteiger partial charge in [0.15, 0.2) is 5.88 Å². The van der Waals surface area contributed by atoms with E-state index in [9.17, 15) is 9.50 Å². The summed E-state index contributed by atoms with van der Waals surface area (Å²) < 4.78 is 13.7. The summed E-state index contributed by atoms with van der Waals surface area (Å²) in [6.45, 7) is 0.984. The standard InChI is InChI=1S/C25H24FN3O/c1-29(2)15-14-17-8-11-20(12-9-17)27-24(18-6-4-3-5-7-18)23-21-13-10-19(26)16-22(21)28-25(23)30/h3-13,16,28,30H,14-15H2,1-2H3. The summed E-state index contributed by atoms with van der Waals surface area (Å²) in [5, 5.41) is 11.4. The molecule has 3 aromatic carbocycles. The molecule has 2 N–H and O–H groups in total. The van der Waals surface area contributed by atoms with Gasteiger partial charge in [-0.05, 0) is 56.4 Å². The van der Waals surface area contributed by atoms with Crippen LogP contribution in [0.3, 0.4) is 0 Å². The van der Waals surface area contributed by atoms with E-state index in [1.807, 2.05) is 42.5 Å². The Morgan fingerprint density at radius 2 is 1.73 bits per heavy atom. The van der Waals surface area contributed by atoms with E-state index in [0.717, 1.165) is 29.6 Å². The minimum atomic E-state index is -0.359. The number of aromatic nitrogens is 1. The van der Waals surface area contributed by atoms with Gasteiger partial charge in [-0.15, -0.1) is 0 Å². The van der Waals surface area contributed by atoms with Crippen molar-refractivity contribution in [1.82, 2.24) is 9.88 Å². The van der Waals surface area contributed by atoms with Gasteiger partial charge in [0.2, 0.25) is 0 Å². The van der Waals surface area contributed by atoms with E-state index < -0.39 is 0 Å². The third-order valence-corrected chi connectivity index (χ3v) is 5.05. The lowest BCUT2D eigenvalue weighted by atomic mass is 10.0. The quantitative estimate of drug-likeness (QED) is 0.432. The van der Waals surface area contributed by atoms with Crippen LogP contribution in [0.2, 0.25) is 0 Å². The maximum atomic E-state index is 13.7. The zero-order valence-electron chi connectivity index (χ0n) is 17.1. The number of fused-ring (bicyclic) bond motifs is 1. The second-order valence-electron chi connectivity index (χ2n) is 7.58. The predicted octanol–water partition coefficient (Wildman–Crippen LogP) is 5.29. The SMILES string of the molecule is CN(C)CCc1ccc(N=C(c2ccccc2)c2c(O)[nH]c3cc(F)ccc23)cc1. The lowest BCUT2D eigenvalue weighted by Crippen LogP contribution is -2.14. The molecule has 4 nitrogen and oxygen atoms in total. The average Bonchev–Trinajstić information content (AvgIpc) is 3.06. The summed E-state index contributed by atoms with van der Waals surface area (Å²) in [6.07, 6.45) is 0.970. The van der Waals surface area contributed by atoms with E-state index in [-0.39, 0.29) is 11.7 Å². The van der Waals surface area contributed by atoms with Crippen LogP contribution in [0.15, 0.2) is 77.8 Å². The summed E-state index contributed by atoms with van der Waals surface area (Å²) in [5.74, 6) is -0.386. The monoisotopic (exact) mass is 401 g/mol. The van der Waals surface area contributed by atoms with E-state index in [2.05, 4.69) is 36.1 Å². The van der Waals surface area contributed by atoms with Crippen molar-refractivity contribution in [2.45, 2.75) is 6.42 Å². The normalized spacial score (nSPS) is 12.1. The van der Waals surface area contributed by atoms with Gasteiger partial charge in [0.05, 0.1) is 22.5 Å². The lowest BCUT2D eigenvalue weighted by molar-refractivity contribution is 0.413. The first-order chi connectivity index (χ1) is 14.5. The zero-order chi connectivity index (χ0) is 21.1. The zero-order valence-corrected chi connectivity index (χ0v) is 17.1. The molecular weight excluding hydrogens is 377 g/mol. The summed E-state index contributed by atoms with van der Waals surface area (Å²) in [4.78, 5) is 9.90. The average molecular weight is 401 g/mol. The summed E-state index contributed by atoms with van der Waals surface area (Å²) >= 11 is 0.